The van der Waals surface area contributed by atoms with Crippen molar-refractivity contribution in [2.24, 2.45) is 5.92 Å². The van der Waals surface area contributed by atoms with Crippen LogP contribution in [0.15, 0.2) is 30.3 Å². The third-order valence-electron chi connectivity index (χ3n) is 3.82. The van der Waals surface area contributed by atoms with Crippen molar-refractivity contribution in [2.75, 3.05) is 19.7 Å². The first-order valence-electron chi connectivity index (χ1n) is 7.26. The first-order valence-corrected chi connectivity index (χ1v) is 7.26. The maximum absolute atomic E-state index is 5.70. The maximum atomic E-state index is 5.70. The van der Waals surface area contributed by atoms with E-state index in [1.165, 1.54) is 24.8 Å². The second-order valence-corrected chi connectivity index (χ2v) is 5.16. The Balaban J connectivity index is 1.56. The van der Waals surface area contributed by atoms with E-state index in [-0.39, 0.29) is 0 Å². The molecular formula is C16H25NO. The van der Waals surface area contributed by atoms with E-state index in [9.17, 15) is 0 Å². The molecule has 0 aromatic heterocycles. The Hall–Kier alpha value is -0.860. The van der Waals surface area contributed by atoms with Crippen molar-refractivity contribution in [3.05, 3.63) is 35.9 Å². The van der Waals surface area contributed by atoms with Crippen LogP contribution < -0.4 is 5.32 Å². The van der Waals surface area contributed by atoms with Crippen LogP contribution in [0.1, 0.15) is 31.7 Å². The molecule has 1 aliphatic heterocycles. The van der Waals surface area contributed by atoms with Gasteiger partial charge in [0.25, 0.3) is 0 Å². The highest BCUT2D eigenvalue weighted by Gasteiger charge is 2.25. The fourth-order valence-electron chi connectivity index (χ4n) is 2.73. The predicted molar refractivity (Wildman–Crippen MR) is 75.8 cm³/mol. The van der Waals surface area contributed by atoms with Crippen molar-refractivity contribution in [2.45, 2.75) is 38.7 Å². The first kappa shape index (κ1) is 13.6. The molecule has 0 radical (unpaired) electrons. The Labute approximate surface area is 111 Å². The van der Waals surface area contributed by atoms with E-state index < -0.39 is 0 Å². The van der Waals surface area contributed by atoms with Crippen molar-refractivity contribution >= 4 is 0 Å². The van der Waals surface area contributed by atoms with Gasteiger partial charge in [0.15, 0.2) is 0 Å². The number of hydrogen-bond acceptors (Lipinski definition) is 2. The van der Waals surface area contributed by atoms with Gasteiger partial charge in [-0.15, -0.1) is 0 Å². The van der Waals surface area contributed by atoms with Gasteiger partial charge in [0.2, 0.25) is 0 Å². The van der Waals surface area contributed by atoms with Crippen molar-refractivity contribution in [1.29, 1.82) is 0 Å². The molecule has 0 spiro atoms. The molecule has 2 heteroatoms. The number of nitrogens with one attached hydrogen (secondary N) is 1. The van der Waals surface area contributed by atoms with Crippen molar-refractivity contribution in [3.8, 4) is 0 Å². The zero-order chi connectivity index (χ0) is 12.6. The molecule has 2 rings (SSSR count). The molecule has 0 bridgehead atoms. The van der Waals surface area contributed by atoms with E-state index in [2.05, 4.69) is 42.6 Å². The number of aryl methyl sites for hydroxylation is 1. The van der Waals surface area contributed by atoms with Crippen LogP contribution in [0.3, 0.4) is 0 Å². The third kappa shape index (κ3) is 4.11. The Morgan fingerprint density at radius 2 is 2.11 bits per heavy atom. The van der Waals surface area contributed by atoms with Crippen LogP contribution in [0.25, 0.3) is 0 Å². The minimum absolute atomic E-state index is 0.492. The summed E-state index contributed by atoms with van der Waals surface area (Å²) < 4.78 is 5.70. The third-order valence-corrected chi connectivity index (χ3v) is 3.82. The van der Waals surface area contributed by atoms with E-state index >= 15 is 0 Å². The van der Waals surface area contributed by atoms with Gasteiger partial charge in [0.1, 0.15) is 0 Å². The molecule has 2 atom stereocenters. The minimum Gasteiger partial charge on any atom is -0.378 e. The molecule has 1 aliphatic rings. The summed E-state index contributed by atoms with van der Waals surface area (Å²) in [5.74, 6) is 0.728. The first-order chi connectivity index (χ1) is 8.90. The summed E-state index contributed by atoms with van der Waals surface area (Å²) in [5, 5.41) is 3.58. The lowest BCUT2D eigenvalue weighted by Gasteiger charge is -2.17. The van der Waals surface area contributed by atoms with Gasteiger partial charge < -0.3 is 10.1 Å². The highest BCUT2D eigenvalue weighted by molar-refractivity contribution is 5.14. The molecule has 1 N–H and O–H groups in total. The van der Waals surface area contributed by atoms with Crippen LogP contribution in [0.4, 0.5) is 0 Å². The summed E-state index contributed by atoms with van der Waals surface area (Å²) in [5.41, 5.74) is 1.44. The molecule has 1 fully saturated rings. The maximum Gasteiger partial charge on any atom is 0.0613 e. The molecule has 100 valence electrons. The topological polar surface area (TPSA) is 21.3 Å². The largest absolute Gasteiger partial charge is 0.378 e. The lowest BCUT2D eigenvalue weighted by atomic mass is 9.99. The van der Waals surface area contributed by atoms with Gasteiger partial charge in [-0.1, -0.05) is 37.3 Å². The van der Waals surface area contributed by atoms with E-state index in [1.54, 1.807) is 0 Å². The van der Waals surface area contributed by atoms with E-state index in [4.69, 9.17) is 4.74 Å². The van der Waals surface area contributed by atoms with Gasteiger partial charge in [-0.25, -0.2) is 0 Å². The molecule has 1 aromatic carbocycles. The van der Waals surface area contributed by atoms with E-state index in [1.807, 2.05) is 0 Å². The van der Waals surface area contributed by atoms with Crippen molar-refractivity contribution < 1.29 is 4.74 Å². The van der Waals surface area contributed by atoms with Crippen LogP contribution in [0, 0.1) is 5.92 Å². The van der Waals surface area contributed by atoms with Crippen LogP contribution in [-0.4, -0.2) is 25.8 Å². The van der Waals surface area contributed by atoms with E-state index in [0.29, 0.717) is 6.10 Å². The lowest BCUT2D eigenvalue weighted by molar-refractivity contribution is 0.0873. The normalized spacial score (nSPS) is 23.4. The average Bonchev–Trinajstić information content (AvgIpc) is 2.87. The summed E-state index contributed by atoms with van der Waals surface area (Å²) in [4.78, 5) is 0. The summed E-state index contributed by atoms with van der Waals surface area (Å²) in [6, 6.07) is 10.7. The van der Waals surface area contributed by atoms with Gasteiger partial charge in [0.05, 0.1) is 6.10 Å². The molecule has 0 aliphatic carbocycles. The predicted octanol–water partition coefficient (Wildman–Crippen LogP) is 3.02. The fraction of sp³-hybridized carbons (Fsp3) is 0.625. The Kier molecular flexibility index (Phi) is 5.69. The van der Waals surface area contributed by atoms with Gasteiger partial charge >= 0.3 is 0 Å². The molecule has 1 saturated heterocycles. The second-order valence-electron chi connectivity index (χ2n) is 5.16. The lowest BCUT2D eigenvalue weighted by Crippen LogP contribution is -2.29. The summed E-state index contributed by atoms with van der Waals surface area (Å²) >= 11 is 0. The van der Waals surface area contributed by atoms with E-state index in [0.717, 1.165) is 32.0 Å². The van der Waals surface area contributed by atoms with Gasteiger partial charge in [0, 0.05) is 13.2 Å². The summed E-state index contributed by atoms with van der Waals surface area (Å²) in [6.45, 7) is 5.41. The molecule has 0 amide bonds. The average molecular weight is 247 g/mol. The number of hydrogen-bond donors (Lipinski definition) is 1. The number of benzene rings is 1. The number of rotatable bonds is 7. The van der Waals surface area contributed by atoms with Gasteiger partial charge in [-0.2, -0.15) is 0 Å². The SMILES string of the molecule is CCC1OCCC1CNCCCc1ccccc1. The van der Waals surface area contributed by atoms with Crippen molar-refractivity contribution in [3.63, 3.8) is 0 Å². The van der Waals surface area contributed by atoms with Crippen LogP contribution in [0.5, 0.6) is 0 Å². The quantitative estimate of drug-likeness (QED) is 0.748. The van der Waals surface area contributed by atoms with Crippen LogP contribution in [-0.2, 0) is 11.2 Å². The van der Waals surface area contributed by atoms with Crippen LogP contribution in [0.2, 0.25) is 0 Å². The number of ether oxygens (including phenoxy) is 1. The minimum atomic E-state index is 0.492. The fourth-order valence-corrected chi connectivity index (χ4v) is 2.73. The molecule has 1 aromatic rings. The Bertz CT molecular complexity index is 325. The smallest absolute Gasteiger partial charge is 0.0613 e. The monoisotopic (exact) mass is 247 g/mol. The molecule has 0 saturated carbocycles. The molecular weight excluding hydrogens is 222 g/mol. The zero-order valence-corrected chi connectivity index (χ0v) is 11.4. The summed E-state index contributed by atoms with van der Waals surface area (Å²) in [6.07, 6.45) is 5.26. The van der Waals surface area contributed by atoms with Crippen LogP contribution >= 0.6 is 0 Å². The second kappa shape index (κ2) is 7.55. The van der Waals surface area contributed by atoms with Gasteiger partial charge in [-0.05, 0) is 43.7 Å². The zero-order valence-electron chi connectivity index (χ0n) is 11.4. The molecule has 1 heterocycles. The molecule has 2 nitrogen and oxygen atoms in total. The highest BCUT2D eigenvalue weighted by Crippen LogP contribution is 2.22. The molecule has 18 heavy (non-hydrogen) atoms. The standard InChI is InChI=1S/C16H25NO/c1-2-16-15(10-12-18-16)13-17-11-6-9-14-7-4-3-5-8-14/h3-5,7-8,15-17H,2,6,9-13H2,1H3. The van der Waals surface area contributed by atoms with Crippen molar-refractivity contribution in [1.82, 2.24) is 5.32 Å². The highest BCUT2D eigenvalue weighted by atomic mass is 16.5. The molecule has 2 unspecified atom stereocenters. The Morgan fingerprint density at radius 3 is 2.89 bits per heavy atom. The Morgan fingerprint density at radius 1 is 1.28 bits per heavy atom. The summed E-state index contributed by atoms with van der Waals surface area (Å²) in [7, 11) is 0. The van der Waals surface area contributed by atoms with Gasteiger partial charge in [-0.3, -0.25) is 0 Å².